The first-order valence-electron chi connectivity index (χ1n) is 7.32. The first kappa shape index (κ1) is 14.2. The number of hydrogen-bond donors (Lipinski definition) is 1. The Morgan fingerprint density at radius 1 is 1.47 bits per heavy atom. The van der Waals surface area contributed by atoms with Gasteiger partial charge in [0.1, 0.15) is 5.75 Å². The lowest BCUT2D eigenvalue weighted by atomic mass is 10.0. The first-order chi connectivity index (χ1) is 9.17. The third kappa shape index (κ3) is 3.03. The zero-order valence-corrected chi connectivity index (χ0v) is 12.6. The highest BCUT2D eigenvalue weighted by atomic mass is 16.5. The fourth-order valence-electron chi connectivity index (χ4n) is 2.98. The first-order valence-corrected chi connectivity index (χ1v) is 7.32. The highest BCUT2D eigenvalue weighted by Crippen LogP contribution is 2.36. The standard InChI is InChI=1S/C16H26N2O/c1-5-17-13(3)16-14(7-6-8-15(16)19-4)18-10-9-12(2)11-18/h6-8,12-13,17H,5,9-11H2,1-4H3. The number of anilines is 1. The third-order valence-electron chi connectivity index (χ3n) is 3.97. The number of hydrogen-bond acceptors (Lipinski definition) is 3. The summed E-state index contributed by atoms with van der Waals surface area (Å²) < 4.78 is 5.57. The largest absolute Gasteiger partial charge is 0.496 e. The summed E-state index contributed by atoms with van der Waals surface area (Å²) in [6.45, 7) is 9.95. The normalized spacial score (nSPS) is 20.6. The van der Waals surface area contributed by atoms with Gasteiger partial charge < -0.3 is 15.0 Å². The van der Waals surface area contributed by atoms with E-state index in [0.717, 1.165) is 31.3 Å². The molecule has 1 fully saturated rings. The molecule has 19 heavy (non-hydrogen) atoms. The lowest BCUT2D eigenvalue weighted by molar-refractivity contribution is 0.402. The van der Waals surface area contributed by atoms with E-state index in [1.807, 2.05) is 0 Å². The Hall–Kier alpha value is -1.22. The van der Waals surface area contributed by atoms with Gasteiger partial charge in [-0.2, -0.15) is 0 Å². The minimum atomic E-state index is 0.312. The van der Waals surface area contributed by atoms with E-state index in [1.54, 1.807) is 7.11 Å². The van der Waals surface area contributed by atoms with Crippen LogP contribution in [0.5, 0.6) is 5.75 Å². The Bertz CT molecular complexity index is 419. The van der Waals surface area contributed by atoms with Gasteiger partial charge in [-0.15, -0.1) is 0 Å². The van der Waals surface area contributed by atoms with Gasteiger partial charge in [0, 0.05) is 30.4 Å². The molecule has 0 aromatic heterocycles. The number of benzene rings is 1. The maximum absolute atomic E-state index is 5.57. The summed E-state index contributed by atoms with van der Waals surface area (Å²) in [4.78, 5) is 2.50. The van der Waals surface area contributed by atoms with E-state index >= 15 is 0 Å². The van der Waals surface area contributed by atoms with Gasteiger partial charge in [0.15, 0.2) is 0 Å². The Labute approximate surface area is 116 Å². The van der Waals surface area contributed by atoms with Crippen molar-refractivity contribution in [3.8, 4) is 5.75 Å². The van der Waals surface area contributed by atoms with Gasteiger partial charge in [0.2, 0.25) is 0 Å². The molecule has 0 saturated carbocycles. The Morgan fingerprint density at radius 3 is 2.84 bits per heavy atom. The highest BCUT2D eigenvalue weighted by molar-refractivity contribution is 5.61. The number of rotatable bonds is 5. The van der Waals surface area contributed by atoms with Crippen LogP contribution in [0.3, 0.4) is 0 Å². The van der Waals surface area contributed by atoms with Crippen molar-refractivity contribution in [1.82, 2.24) is 5.32 Å². The van der Waals surface area contributed by atoms with Gasteiger partial charge >= 0.3 is 0 Å². The van der Waals surface area contributed by atoms with Crippen LogP contribution in [-0.2, 0) is 0 Å². The molecule has 1 N–H and O–H groups in total. The van der Waals surface area contributed by atoms with Crippen LogP contribution >= 0.6 is 0 Å². The van der Waals surface area contributed by atoms with E-state index < -0.39 is 0 Å². The van der Waals surface area contributed by atoms with Crippen molar-refractivity contribution in [1.29, 1.82) is 0 Å². The summed E-state index contributed by atoms with van der Waals surface area (Å²) in [5.74, 6) is 1.78. The maximum atomic E-state index is 5.57. The second-order valence-corrected chi connectivity index (χ2v) is 5.51. The fraction of sp³-hybridized carbons (Fsp3) is 0.625. The monoisotopic (exact) mass is 262 g/mol. The van der Waals surface area contributed by atoms with Crippen LogP contribution in [0.25, 0.3) is 0 Å². The van der Waals surface area contributed by atoms with Crippen LogP contribution in [0.1, 0.15) is 38.8 Å². The quantitative estimate of drug-likeness (QED) is 0.882. The van der Waals surface area contributed by atoms with E-state index in [4.69, 9.17) is 4.74 Å². The molecule has 0 amide bonds. The molecule has 2 unspecified atom stereocenters. The second-order valence-electron chi connectivity index (χ2n) is 5.51. The molecule has 1 aromatic rings. The molecular formula is C16H26N2O. The Morgan fingerprint density at radius 2 is 2.26 bits per heavy atom. The molecule has 2 atom stereocenters. The van der Waals surface area contributed by atoms with Crippen LogP contribution in [0.15, 0.2) is 18.2 Å². The average molecular weight is 262 g/mol. The van der Waals surface area contributed by atoms with Crippen molar-refractivity contribution in [3.05, 3.63) is 23.8 Å². The lowest BCUT2D eigenvalue weighted by Crippen LogP contribution is -2.25. The van der Waals surface area contributed by atoms with Crippen molar-refractivity contribution >= 4 is 5.69 Å². The summed E-state index contributed by atoms with van der Waals surface area (Å²) in [7, 11) is 1.76. The topological polar surface area (TPSA) is 24.5 Å². The smallest absolute Gasteiger partial charge is 0.125 e. The molecule has 1 aliphatic rings. The molecule has 1 saturated heterocycles. The molecule has 0 radical (unpaired) electrons. The zero-order valence-electron chi connectivity index (χ0n) is 12.6. The lowest BCUT2D eigenvalue weighted by Gasteiger charge is -2.26. The van der Waals surface area contributed by atoms with Crippen LogP contribution in [0.4, 0.5) is 5.69 Å². The van der Waals surface area contributed by atoms with Gasteiger partial charge in [0.05, 0.1) is 7.11 Å². The summed E-state index contributed by atoms with van der Waals surface area (Å²) in [6.07, 6.45) is 1.28. The van der Waals surface area contributed by atoms with Crippen molar-refractivity contribution in [2.24, 2.45) is 5.92 Å². The molecule has 0 aliphatic carbocycles. The number of methoxy groups -OCH3 is 1. The van der Waals surface area contributed by atoms with Crippen LogP contribution in [-0.4, -0.2) is 26.7 Å². The van der Waals surface area contributed by atoms with Crippen LogP contribution in [0, 0.1) is 5.92 Å². The number of nitrogens with zero attached hydrogens (tertiary/aromatic N) is 1. The Kier molecular flexibility index (Phi) is 4.70. The molecular weight excluding hydrogens is 236 g/mol. The Balaban J connectivity index is 2.36. The second kappa shape index (κ2) is 6.29. The van der Waals surface area contributed by atoms with Crippen LogP contribution in [0.2, 0.25) is 0 Å². The fourth-order valence-corrected chi connectivity index (χ4v) is 2.98. The zero-order chi connectivity index (χ0) is 13.8. The molecule has 106 valence electrons. The van der Waals surface area contributed by atoms with E-state index in [9.17, 15) is 0 Å². The molecule has 1 heterocycles. The van der Waals surface area contributed by atoms with Gasteiger partial charge in [-0.3, -0.25) is 0 Å². The predicted molar refractivity (Wildman–Crippen MR) is 81.1 cm³/mol. The molecule has 0 bridgehead atoms. The van der Waals surface area contributed by atoms with Gasteiger partial charge in [-0.05, 0) is 37.9 Å². The minimum Gasteiger partial charge on any atom is -0.496 e. The summed E-state index contributed by atoms with van der Waals surface area (Å²) in [5, 5.41) is 3.50. The van der Waals surface area contributed by atoms with Gasteiger partial charge in [-0.1, -0.05) is 19.9 Å². The number of ether oxygens (including phenoxy) is 1. The molecule has 0 spiro atoms. The molecule has 2 rings (SSSR count). The number of nitrogens with one attached hydrogen (secondary N) is 1. The molecule has 3 heteroatoms. The van der Waals surface area contributed by atoms with Crippen molar-refractivity contribution in [3.63, 3.8) is 0 Å². The van der Waals surface area contributed by atoms with Crippen LogP contribution < -0.4 is 15.0 Å². The van der Waals surface area contributed by atoms with Crippen molar-refractivity contribution < 1.29 is 4.74 Å². The summed E-state index contributed by atoms with van der Waals surface area (Å²) in [6, 6.07) is 6.70. The van der Waals surface area contributed by atoms with E-state index in [0.29, 0.717) is 6.04 Å². The molecule has 3 nitrogen and oxygen atoms in total. The van der Waals surface area contributed by atoms with Gasteiger partial charge in [0.25, 0.3) is 0 Å². The maximum Gasteiger partial charge on any atom is 0.125 e. The molecule has 1 aromatic carbocycles. The third-order valence-corrected chi connectivity index (χ3v) is 3.97. The summed E-state index contributed by atoms with van der Waals surface area (Å²) >= 11 is 0. The SMILES string of the molecule is CCNC(C)c1c(OC)cccc1N1CCC(C)C1. The highest BCUT2D eigenvalue weighted by Gasteiger charge is 2.24. The van der Waals surface area contributed by atoms with Crippen molar-refractivity contribution in [2.75, 3.05) is 31.6 Å². The van der Waals surface area contributed by atoms with E-state index in [-0.39, 0.29) is 0 Å². The van der Waals surface area contributed by atoms with Gasteiger partial charge in [-0.25, -0.2) is 0 Å². The van der Waals surface area contributed by atoms with Crippen molar-refractivity contribution in [2.45, 2.75) is 33.2 Å². The van der Waals surface area contributed by atoms with E-state index in [2.05, 4.69) is 49.2 Å². The van der Waals surface area contributed by atoms with E-state index in [1.165, 1.54) is 17.7 Å². The summed E-state index contributed by atoms with van der Waals surface area (Å²) in [5.41, 5.74) is 2.62. The average Bonchev–Trinajstić information content (AvgIpc) is 2.84. The predicted octanol–water partition coefficient (Wildman–Crippen LogP) is 3.21. The minimum absolute atomic E-state index is 0.312. The molecule has 1 aliphatic heterocycles.